The van der Waals surface area contributed by atoms with Crippen LogP contribution in [0.2, 0.25) is 0 Å². The third-order valence-corrected chi connectivity index (χ3v) is 5.26. The van der Waals surface area contributed by atoms with Crippen LogP contribution in [0.4, 0.5) is 5.69 Å². The molecular weight excluding hydrogens is 396 g/mol. The van der Waals surface area contributed by atoms with Crippen molar-refractivity contribution in [1.29, 1.82) is 0 Å². The Hall–Kier alpha value is -3.74. The van der Waals surface area contributed by atoms with Crippen LogP contribution in [-0.2, 0) is 22.7 Å². The Morgan fingerprint density at radius 2 is 1.84 bits per heavy atom. The normalized spacial score (nSPS) is 15.3. The van der Waals surface area contributed by atoms with E-state index in [9.17, 15) is 14.7 Å². The van der Waals surface area contributed by atoms with Gasteiger partial charge in [0.1, 0.15) is 17.3 Å². The second-order valence-corrected chi connectivity index (χ2v) is 7.43. The Balaban J connectivity index is 1.51. The van der Waals surface area contributed by atoms with Crippen molar-refractivity contribution in [3.63, 3.8) is 0 Å². The van der Waals surface area contributed by atoms with Crippen LogP contribution in [0.5, 0.6) is 11.5 Å². The van der Waals surface area contributed by atoms with Crippen molar-refractivity contribution in [3.05, 3.63) is 78.3 Å². The Labute approximate surface area is 180 Å². The summed E-state index contributed by atoms with van der Waals surface area (Å²) >= 11 is 0. The monoisotopic (exact) mass is 420 g/mol. The lowest BCUT2D eigenvalue weighted by Gasteiger charge is -2.33. The summed E-state index contributed by atoms with van der Waals surface area (Å²) in [6.45, 7) is 2.44. The lowest BCUT2D eigenvalue weighted by Crippen LogP contribution is -2.46. The highest BCUT2D eigenvalue weighted by atomic mass is 16.5. The van der Waals surface area contributed by atoms with Crippen LogP contribution in [0.3, 0.4) is 0 Å². The van der Waals surface area contributed by atoms with E-state index in [0.717, 1.165) is 0 Å². The van der Waals surface area contributed by atoms with E-state index >= 15 is 0 Å². The first-order valence-electron chi connectivity index (χ1n) is 10.2. The second kappa shape index (κ2) is 8.95. The molecule has 1 aromatic heterocycles. The van der Waals surface area contributed by atoms with Gasteiger partial charge in [0.2, 0.25) is 5.91 Å². The zero-order valence-corrected chi connectivity index (χ0v) is 17.2. The third kappa shape index (κ3) is 4.55. The number of para-hydroxylation sites is 3. The van der Waals surface area contributed by atoms with Crippen LogP contribution >= 0.6 is 0 Å². The molecule has 2 amide bonds. The molecule has 1 aliphatic rings. The summed E-state index contributed by atoms with van der Waals surface area (Å²) in [6, 6.07) is 17.8. The second-order valence-electron chi connectivity index (χ2n) is 7.43. The largest absolute Gasteiger partial charge is 0.508 e. The first-order valence-corrected chi connectivity index (χ1v) is 10.2. The molecule has 3 aromatic rings. The van der Waals surface area contributed by atoms with Gasteiger partial charge in [-0.25, -0.2) is 0 Å². The Morgan fingerprint density at radius 3 is 2.61 bits per heavy atom. The van der Waals surface area contributed by atoms with Crippen molar-refractivity contribution in [3.8, 4) is 11.5 Å². The molecule has 0 bridgehead atoms. The summed E-state index contributed by atoms with van der Waals surface area (Å²) in [7, 11) is 0. The number of rotatable bonds is 7. The zero-order valence-electron chi connectivity index (χ0n) is 17.2. The quantitative estimate of drug-likeness (QED) is 0.630. The number of carbonyl (C=O) groups excluding carboxylic acids is 2. The number of amides is 2. The number of fused-ring (bicyclic) bond motifs is 1. The Bertz CT molecular complexity index is 1060. The first kappa shape index (κ1) is 20.5. The third-order valence-electron chi connectivity index (χ3n) is 5.26. The number of furan rings is 1. The molecule has 0 fully saturated rings. The summed E-state index contributed by atoms with van der Waals surface area (Å²) in [6.07, 6.45) is 1.08. The average Bonchev–Trinajstić information content (AvgIpc) is 3.28. The first-order chi connectivity index (χ1) is 15.0. The van der Waals surface area contributed by atoms with E-state index in [1.807, 2.05) is 30.3 Å². The molecule has 7 heteroatoms. The molecule has 1 N–H and O–H groups in total. The van der Waals surface area contributed by atoms with Gasteiger partial charge in [0, 0.05) is 25.1 Å². The molecule has 0 aliphatic carbocycles. The fourth-order valence-electron chi connectivity index (χ4n) is 3.63. The molecule has 7 nitrogen and oxygen atoms in total. The summed E-state index contributed by atoms with van der Waals surface area (Å²) in [5.41, 5.74) is 1.31. The zero-order chi connectivity index (χ0) is 21.8. The van der Waals surface area contributed by atoms with Crippen LogP contribution in [0.25, 0.3) is 0 Å². The predicted octanol–water partition coefficient (Wildman–Crippen LogP) is 3.72. The Kier molecular flexibility index (Phi) is 5.93. The fraction of sp³-hybridized carbons (Fsp3) is 0.250. The molecule has 0 radical (unpaired) electrons. The molecule has 31 heavy (non-hydrogen) atoms. The van der Waals surface area contributed by atoms with Gasteiger partial charge < -0.3 is 24.1 Å². The molecule has 160 valence electrons. The maximum Gasteiger partial charge on any atom is 0.267 e. The van der Waals surface area contributed by atoms with E-state index in [2.05, 4.69) is 0 Å². The van der Waals surface area contributed by atoms with Gasteiger partial charge in [-0.3, -0.25) is 9.59 Å². The minimum atomic E-state index is -0.606. The van der Waals surface area contributed by atoms with Gasteiger partial charge in [0.25, 0.3) is 5.91 Å². The molecule has 1 unspecified atom stereocenters. The lowest BCUT2D eigenvalue weighted by atomic mass is 10.1. The summed E-state index contributed by atoms with van der Waals surface area (Å²) in [5.74, 6) is 1.08. The minimum absolute atomic E-state index is 0.126. The number of anilines is 1. The molecule has 1 aliphatic heterocycles. The van der Waals surface area contributed by atoms with Gasteiger partial charge in [0.05, 0.1) is 18.5 Å². The maximum absolute atomic E-state index is 13.2. The number of hydrogen-bond donors (Lipinski definition) is 1. The Morgan fingerprint density at radius 1 is 1.06 bits per heavy atom. The SMILES string of the molecule is CC1Oc2ccccc2N(CCC(=O)N(Cc2ccco2)Cc2ccccc2O)C1=O. The van der Waals surface area contributed by atoms with Crippen molar-refractivity contribution in [2.75, 3.05) is 11.4 Å². The van der Waals surface area contributed by atoms with Gasteiger partial charge in [-0.1, -0.05) is 30.3 Å². The molecule has 2 aromatic carbocycles. The highest BCUT2D eigenvalue weighted by Gasteiger charge is 2.31. The van der Waals surface area contributed by atoms with Gasteiger partial charge in [0.15, 0.2) is 6.10 Å². The molecule has 1 atom stereocenters. The summed E-state index contributed by atoms with van der Waals surface area (Å²) in [5, 5.41) is 10.1. The highest BCUT2D eigenvalue weighted by Crippen LogP contribution is 2.33. The van der Waals surface area contributed by atoms with Crippen molar-refractivity contribution < 1.29 is 23.8 Å². The van der Waals surface area contributed by atoms with Crippen LogP contribution < -0.4 is 9.64 Å². The number of hydrogen-bond acceptors (Lipinski definition) is 5. The molecule has 4 rings (SSSR count). The van der Waals surface area contributed by atoms with E-state index in [-0.39, 0.29) is 43.6 Å². The summed E-state index contributed by atoms with van der Waals surface area (Å²) < 4.78 is 11.1. The smallest absolute Gasteiger partial charge is 0.267 e. The van der Waals surface area contributed by atoms with Crippen LogP contribution in [0, 0.1) is 0 Å². The molecule has 0 saturated carbocycles. The van der Waals surface area contributed by atoms with Crippen molar-refractivity contribution in [2.45, 2.75) is 32.5 Å². The molecule has 2 heterocycles. The molecular formula is C24H24N2O5. The van der Waals surface area contributed by atoms with Gasteiger partial charge in [-0.2, -0.15) is 0 Å². The van der Waals surface area contributed by atoms with Gasteiger partial charge >= 0.3 is 0 Å². The van der Waals surface area contributed by atoms with E-state index in [0.29, 0.717) is 22.8 Å². The number of phenols is 1. The van der Waals surface area contributed by atoms with Gasteiger partial charge in [-0.15, -0.1) is 0 Å². The predicted molar refractivity (Wildman–Crippen MR) is 115 cm³/mol. The highest BCUT2D eigenvalue weighted by molar-refractivity contribution is 6.00. The number of carbonyl (C=O) groups is 2. The van der Waals surface area contributed by atoms with Gasteiger partial charge in [-0.05, 0) is 37.3 Å². The van der Waals surface area contributed by atoms with Crippen LogP contribution in [0.15, 0.2) is 71.3 Å². The van der Waals surface area contributed by atoms with Crippen LogP contribution in [-0.4, -0.2) is 34.5 Å². The maximum atomic E-state index is 13.2. The fourth-order valence-corrected chi connectivity index (χ4v) is 3.63. The summed E-state index contributed by atoms with van der Waals surface area (Å²) in [4.78, 5) is 29.1. The van der Waals surface area contributed by atoms with Crippen LogP contribution in [0.1, 0.15) is 24.7 Å². The van der Waals surface area contributed by atoms with E-state index in [4.69, 9.17) is 9.15 Å². The van der Waals surface area contributed by atoms with Crippen molar-refractivity contribution >= 4 is 17.5 Å². The lowest BCUT2D eigenvalue weighted by molar-refractivity contribution is -0.132. The van der Waals surface area contributed by atoms with E-state index in [1.54, 1.807) is 53.3 Å². The van der Waals surface area contributed by atoms with E-state index in [1.165, 1.54) is 0 Å². The molecule has 0 spiro atoms. The standard InChI is InChI=1S/C24H24N2O5/c1-17-24(29)26(20-9-3-5-11-22(20)31-17)13-12-23(28)25(16-19-8-6-14-30-19)15-18-7-2-4-10-21(18)27/h2-11,14,17,27H,12-13,15-16H2,1H3. The minimum Gasteiger partial charge on any atom is -0.508 e. The average molecular weight is 420 g/mol. The topological polar surface area (TPSA) is 83.2 Å². The van der Waals surface area contributed by atoms with E-state index < -0.39 is 6.10 Å². The number of aromatic hydroxyl groups is 1. The molecule has 0 saturated heterocycles. The number of ether oxygens (including phenoxy) is 1. The van der Waals surface area contributed by atoms with Crippen molar-refractivity contribution in [1.82, 2.24) is 4.90 Å². The number of nitrogens with zero attached hydrogens (tertiary/aromatic N) is 2. The number of benzene rings is 2. The van der Waals surface area contributed by atoms with Crippen molar-refractivity contribution in [2.24, 2.45) is 0 Å². The number of phenolic OH excluding ortho intramolecular Hbond substituents is 1.